The van der Waals surface area contributed by atoms with E-state index in [1.807, 2.05) is 0 Å². The zero-order chi connectivity index (χ0) is 10.0. The Morgan fingerprint density at radius 3 is 2.54 bits per heavy atom. The number of nitrogens with two attached hydrogens (primary N) is 1. The maximum atomic E-state index is 9.44. The van der Waals surface area contributed by atoms with Crippen LogP contribution in [-0.4, -0.2) is 16.8 Å². The van der Waals surface area contributed by atoms with E-state index in [4.69, 9.17) is 34.0 Å². The largest absolute Gasteiger partial charge is 0.506 e. The third-order valence-electron chi connectivity index (χ3n) is 1.65. The van der Waals surface area contributed by atoms with Crippen molar-refractivity contribution in [3.63, 3.8) is 0 Å². The second-order valence-corrected chi connectivity index (χ2v) is 3.46. The molecule has 0 aliphatic rings. The summed E-state index contributed by atoms with van der Waals surface area (Å²) in [7, 11) is 0. The lowest BCUT2D eigenvalue weighted by molar-refractivity contribution is 0.265. The van der Waals surface area contributed by atoms with Crippen LogP contribution in [0.15, 0.2) is 12.1 Å². The van der Waals surface area contributed by atoms with E-state index < -0.39 is 6.04 Å². The van der Waals surface area contributed by atoms with Crippen LogP contribution in [0, 0.1) is 0 Å². The molecule has 0 amide bonds. The van der Waals surface area contributed by atoms with Crippen LogP contribution in [0.2, 0.25) is 10.0 Å². The third kappa shape index (κ3) is 2.25. The van der Waals surface area contributed by atoms with Crippen LogP contribution in [0.1, 0.15) is 11.6 Å². The lowest BCUT2D eigenvalue weighted by Crippen LogP contribution is -2.14. The second kappa shape index (κ2) is 4.15. The summed E-state index contributed by atoms with van der Waals surface area (Å²) in [6, 6.07) is 2.21. The number of benzene rings is 1. The minimum atomic E-state index is -0.670. The van der Waals surface area contributed by atoms with Crippen molar-refractivity contribution in [1.29, 1.82) is 0 Å². The Balaban J connectivity index is 3.20. The predicted octanol–water partition coefficient (Wildman–Crippen LogP) is 1.69. The standard InChI is InChI=1S/C8H9Cl2NO2/c9-4-1-5(7(11)3-12)8(13)6(10)2-4/h1-2,7,12-13H,3,11H2/t7-/m0/s1. The van der Waals surface area contributed by atoms with Crippen molar-refractivity contribution >= 4 is 23.2 Å². The number of aromatic hydroxyl groups is 1. The number of halogens is 2. The fourth-order valence-electron chi connectivity index (χ4n) is 0.967. The Bertz CT molecular complexity index is 317. The first-order chi connectivity index (χ1) is 6.06. The van der Waals surface area contributed by atoms with E-state index in [0.29, 0.717) is 10.6 Å². The maximum absolute atomic E-state index is 9.44. The highest BCUT2D eigenvalue weighted by Crippen LogP contribution is 2.33. The second-order valence-electron chi connectivity index (χ2n) is 2.61. The molecule has 13 heavy (non-hydrogen) atoms. The van der Waals surface area contributed by atoms with E-state index in [9.17, 15) is 5.11 Å². The van der Waals surface area contributed by atoms with Gasteiger partial charge in [-0.05, 0) is 12.1 Å². The molecule has 1 atom stereocenters. The fraction of sp³-hybridized carbons (Fsp3) is 0.250. The average molecular weight is 222 g/mol. The van der Waals surface area contributed by atoms with E-state index in [0.717, 1.165) is 0 Å². The van der Waals surface area contributed by atoms with Crippen molar-refractivity contribution in [2.75, 3.05) is 6.61 Å². The molecule has 0 aliphatic heterocycles. The van der Waals surface area contributed by atoms with Gasteiger partial charge in [-0.15, -0.1) is 0 Å². The summed E-state index contributed by atoms with van der Waals surface area (Å²) < 4.78 is 0. The van der Waals surface area contributed by atoms with Crippen molar-refractivity contribution < 1.29 is 10.2 Å². The van der Waals surface area contributed by atoms with Gasteiger partial charge in [0.05, 0.1) is 17.7 Å². The molecule has 0 aromatic heterocycles. The van der Waals surface area contributed by atoms with Crippen LogP contribution >= 0.6 is 23.2 Å². The van der Waals surface area contributed by atoms with Crippen LogP contribution in [0.5, 0.6) is 5.75 Å². The monoisotopic (exact) mass is 221 g/mol. The molecule has 72 valence electrons. The van der Waals surface area contributed by atoms with Crippen molar-refractivity contribution in [3.05, 3.63) is 27.7 Å². The molecule has 0 bridgehead atoms. The summed E-state index contributed by atoms with van der Waals surface area (Å²) >= 11 is 11.3. The lowest BCUT2D eigenvalue weighted by Gasteiger charge is -2.11. The van der Waals surface area contributed by atoms with Gasteiger partial charge in [0.1, 0.15) is 5.75 Å². The Labute approximate surface area is 85.7 Å². The molecule has 0 saturated heterocycles. The number of rotatable bonds is 2. The molecule has 3 nitrogen and oxygen atoms in total. The highest BCUT2D eigenvalue weighted by atomic mass is 35.5. The SMILES string of the molecule is N[C@@H](CO)c1cc(Cl)cc(Cl)c1O. The molecular weight excluding hydrogens is 213 g/mol. The molecule has 0 saturated carbocycles. The Morgan fingerprint density at radius 2 is 2.00 bits per heavy atom. The summed E-state index contributed by atoms with van der Waals surface area (Å²) in [5.74, 6) is -0.132. The molecular formula is C8H9Cl2NO2. The highest BCUT2D eigenvalue weighted by molar-refractivity contribution is 6.35. The van der Waals surface area contributed by atoms with Crippen molar-refractivity contribution in [3.8, 4) is 5.75 Å². The van der Waals surface area contributed by atoms with Gasteiger partial charge in [0.2, 0.25) is 0 Å². The first kappa shape index (κ1) is 10.6. The smallest absolute Gasteiger partial charge is 0.139 e. The fourth-order valence-corrected chi connectivity index (χ4v) is 1.48. The van der Waals surface area contributed by atoms with Gasteiger partial charge in [0, 0.05) is 10.6 Å². The minimum Gasteiger partial charge on any atom is -0.506 e. The summed E-state index contributed by atoms with van der Waals surface area (Å²) in [6.45, 7) is -0.274. The summed E-state index contributed by atoms with van der Waals surface area (Å²) in [5, 5.41) is 18.7. The van der Waals surface area contributed by atoms with Gasteiger partial charge in [0.15, 0.2) is 0 Å². The molecule has 0 spiro atoms. The van der Waals surface area contributed by atoms with Gasteiger partial charge in [-0.1, -0.05) is 23.2 Å². The molecule has 0 unspecified atom stereocenters. The first-order valence-corrected chi connectivity index (χ1v) is 4.36. The molecule has 5 heteroatoms. The number of aliphatic hydroxyl groups excluding tert-OH is 1. The molecule has 4 N–H and O–H groups in total. The van der Waals surface area contributed by atoms with E-state index in [1.165, 1.54) is 12.1 Å². The summed E-state index contributed by atoms with van der Waals surface area (Å²) in [6.07, 6.45) is 0. The van der Waals surface area contributed by atoms with E-state index in [2.05, 4.69) is 0 Å². The van der Waals surface area contributed by atoms with Crippen molar-refractivity contribution in [2.24, 2.45) is 5.73 Å². The Morgan fingerprint density at radius 1 is 1.38 bits per heavy atom. The van der Waals surface area contributed by atoms with Crippen LogP contribution in [-0.2, 0) is 0 Å². The first-order valence-electron chi connectivity index (χ1n) is 3.60. The predicted molar refractivity (Wildman–Crippen MR) is 52.1 cm³/mol. The molecule has 0 fully saturated rings. The van der Waals surface area contributed by atoms with Gasteiger partial charge in [-0.25, -0.2) is 0 Å². The zero-order valence-corrected chi connectivity index (χ0v) is 8.18. The Kier molecular flexibility index (Phi) is 3.39. The third-order valence-corrected chi connectivity index (χ3v) is 2.16. The summed E-state index contributed by atoms with van der Waals surface area (Å²) in [4.78, 5) is 0. The van der Waals surface area contributed by atoms with Gasteiger partial charge in [-0.2, -0.15) is 0 Å². The maximum Gasteiger partial charge on any atom is 0.139 e. The quantitative estimate of drug-likeness (QED) is 0.713. The van der Waals surface area contributed by atoms with E-state index in [-0.39, 0.29) is 17.4 Å². The molecule has 0 radical (unpaired) electrons. The molecule has 1 aromatic rings. The molecule has 1 aromatic carbocycles. The van der Waals surface area contributed by atoms with Gasteiger partial charge >= 0.3 is 0 Å². The number of aliphatic hydroxyl groups is 1. The zero-order valence-electron chi connectivity index (χ0n) is 6.67. The number of hydrogen-bond acceptors (Lipinski definition) is 3. The minimum absolute atomic E-state index is 0.131. The van der Waals surface area contributed by atoms with Crippen LogP contribution in [0.3, 0.4) is 0 Å². The van der Waals surface area contributed by atoms with Crippen LogP contribution in [0.4, 0.5) is 0 Å². The van der Waals surface area contributed by atoms with E-state index in [1.54, 1.807) is 0 Å². The van der Waals surface area contributed by atoms with Crippen molar-refractivity contribution in [2.45, 2.75) is 6.04 Å². The highest BCUT2D eigenvalue weighted by Gasteiger charge is 2.13. The summed E-state index contributed by atoms with van der Waals surface area (Å²) in [5.41, 5.74) is 5.85. The Hall–Kier alpha value is -0.480. The molecule has 1 rings (SSSR count). The topological polar surface area (TPSA) is 66.5 Å². The van der Waals surface area contributed by atoms with Crippen LogP contribution in [0.25, 0.3) is 0 Å². The average Bonchev–Trinajstić information content (AvgIpc) is 2.10. The van der Waals surface area contributed by atoms with Crippen molar-refractivity contribution in [1.82, 2.24) is 0 Å². The number of hydrogen-bond donors (Lipinski definition) is 3. The van der Waals surface area contributed by atoms with Gasteiger partial charge in [-0.3, -0.25) is 0 Å². The normalized spacial score (nSPS) is 12.9. The molecule has 0 heterocycles. The van der Waals surface area contributed by atoms with Crippen LogP contribution < -0.4 is 5.73 Å². The molecule has 0 aliphatic carbocycles. The number of phenolic OH excluding ortho intramolecular Hbond substituents is 1. The van der Waals surface area contributed by atoms with Gasteiger partial charge < -0.3 is 15.9 Å². The van der Waals surface area contributed by atoms with Gasteiger partial charge in [0.25, 0.3) is 0 Å². The van der Waals surface area contributed by atoms with E-state index >= 15 is 0 Å². The lowest BCUT2D eigenvalue weighted by atomic mass is 10.1. The number of phenols is 1.